The lowest BCUT2D eigenvalue weighted by molar-refractivity contribution is 0.00917. The number of carbonyl (C=O) groups is 1. The van der Waals surface area contributed by atoms with Crippen molar-refractivity contribution in [3.8, 4) is 10.6 Å². The van der Waals surface area contributed by atoms with Gasteiger partial charge in [-0.15, -0.1) is 11.3 Å². The van der Waals surface area contributed by atoms with Gasteiger partial charge in [0.1, 0.15) is 12.2 Å². The van der Waals surface area contributed by atoms with E-state index in [0.717, 1.165) is 21.3 Å². The summed E-state index contributed by atoms with van der Waals surface area (Å²) >= 11 is 1.63. The van der Waals surface area contributed by atoms with Crippen LogP contribution in [-0.2, 0) is 14.2 Å². The molecule has 0 bridgehead atoms. The lowest BCUT2D eigenvalue weighted by Crippen LogP contribution is -2.38. The Morgan fingerprint density at radius 3 is 2.79 bits per heavy atom. The SMILES string of the molecule is O=C(Nc1cccc2ccccc12)O[C@H]1CO[C@@H]2[C@@H]1OC[C@@H]2Nc1nccc(-c2cccs2)n1. The fourth-order valence-corrected chi connectivity index (χ4v) is 5.15. The molecule has 2 N–H and O–H groups in total. The largest absolute Gasteiger partial charge is 0.441 e. The number of anilines is 2. The number of nitrogens with zero attached hydrogens (tertiary/aromatic N) is 2. The molecule has 0 spiro atoms. The van der Waals surface area contributed by atoms with Crippen LogP contribution in [0.1, 0.15) is 0 Å². The number of amides is 1. The third-order valence-corrected chi connectivity index (χ3v) is 6.93. The van der Waals surface area contributed by atoms with Crippen molar-refractivity contribution in [1.29, 1.82) is 0 Å². The zero-order valence-electron chi connectivity index (χ0n) is 18.1. The monoisotopic (exact) mass is 474 g/mol. The van der Waals surface area contributed by atoms with Crippen LogP contribution >= 0.6 is 11.3 Å². The maximum Gasteiger partial charge on any atom is 0.412 e. The first-order chi connectivity index (χ1) is 16.7. The Labute approximate surface area is 199 Å². The summed E-state index contributed by atoms with van der Waals surface area (Å²) in [4.78, 5) is 22.7. The van der Waals surface area contributed by atoms with Crippen LogP contribution < -0.4 is 10.6 Å². The molecule has 1 amide bonds. The van der Waals surface area contributed by atoms with Crippen molar-refractivity contribution in [2.75, 3.05) is 23.8 Å². The number of rotatable bonds is 5. The fourth-order valence-electron chi connectivity index (χ4n) is 4.46. The summed E-state index contributed by atoms with van der Waals surface area (Å²) in [5.74, 6) is 0.516. The van der Waals surface area contributed by atoms with Gasteiger partial charge in [-0.3, -0.25) is 5.32 Å². The maximum absolute atomic E-state index is 12.6. The second kappa shape index (κ2) is 9.02. The van der Waals surface area contributed by atoms with Crippen molar-refractivity contribution < 1.29 is 19.0 Å². The Kier molecular flexibility index (Phi) is 5.58. The quantitative estimate of drug-likeness (QED) is 0.438. The number of thiophene rings is 1. The molecule has 172 valence electrons. The summed E-state index contributed by atoms with van der Waals surface area (Å²) in [6.07, 6.45) is 0.0971. The van der Waals surface area contributed by atoms with Gasteiger partial charge in [0, 0.05) is 11.6 Å². The second-order valence-electron chi connectivity index (χ2n) is 8.18. The van der Waals surface area contributed by atoms with E-state index in [-0.39, 0.29) is 24.9 Å². The van der Waals surface area contributed by atoms with Gasteiger partial charge in [0.2, 0.25) is 5.95 Å². The molecule has 0 saturated carbocycles. The van der Waals surface area contributed by atoms with Crippen molar-refractivity contribution in [2.24, 2.45) is 0 Å². The lowest BCUT2D eigenvalue weighted by atomic mass is 10.1. The number of nitrogens with one attached hydrogen (secondary N) is 2. The van der Waals surface area contributed by atoms with E-state index in [1.165, 1.54) is 0 Å². The molecule has 2 aromatic carbocycles. The molecule has 4 aromatic rings. The third kappa shape index (κ3) is 4.09. The van der Waals surface area contributed by atoms with Crippen molar-refractivity contribution in [2.45, 2.75) is 24.4 Å². The minimum absolute atomic E-state index is 0.140. The van der Waals surface area contributed by atoms with Crippen LogP contribution in [0, 0.1) is 0 Å². The summed E-state index contributed by atoms with van der Waals surface area (Å²) in [6, 6.07) is 19.4. The maximum atomic E-state index is 12.6. The van der Waals surface area contributed by atoms with Gasteiger partial charge in [0.05, 0.1) is 35.5 Å². The predicted molar refractivity (Wildman–Crippen MR) is 130 cm³/mol. The number of hydrogen-bond acceptors (Lipinski definition) is 8. The summed E-state index contributed by atoms with van der Waals surface area (Å²) in [5.41, 5.74) is 1.56. The molecule has 2 aromatic heterocycles. The van der Waals surface area contributed by atoms with E-state index in [4.69, 9.17) is 14.2 Å². The molecule has 2 aliphatic rings. The molecule has 6 rings (SSSR count). The molecule has 2 fully saturated rings. The molecule has 4 heterocycles. The molecule has 0 unspecified atom stereocenters. The van der Waals surface area contributed by atoms with Gasteiger partial charge < -0.3 is 19.5 Å². The predicted octanol–water partition coefficient (Wildman–Crippen LogP) is 4.55. The van der Waals surface area contributed by atoms with Gasteiger partial charge in [0.15, 0.2) is 6.10 Å². The van der Waals surface area contributed by atoms with Crippen LogP contribution in [0.3, 0.4) is 0 Å². The van der Waals surface area contributed by atoms with Crippen molar-refractivity contribution in [3.63, 3.8) is 0 Å². The number of ether oxygens (including phenoxy) is 3. The Balaban J connectivity index is 1.09. The van der Waals surface area contributed by atoms with Gasteiger partial charge >= 0.3 is 6.09 Å². The number of carbonyl (C=O) groups excluding carboxylic acids is 1. The highest BCUT2D eigenvalue weighted by Crippen LogP contribution is 2.31. The lowest BCUT2D eigenvalue weighted by Gasteiger charge is -2.18. The third-order valence-electron chi connectivity index (χ3n) is 6.04. The van der Waals surface area contributed by atoms with E-state index in [2.05, 4.69) is 20.6 Å². The van der Waals surface area contributed by atoms with Crippen LogP contribution in [0.15, 0.2) is 72.2 Å². The molecule has 2 saturated heterocycles. The zero-order valence-corrected chi connectivity index (χ0v) is 18.9. The first kappa shape index (κ1) is 21.0. The average Bonchev–Trinajstić information content (AvgIpc) is 3.60. The number of hydrogen-bond donors (Lipinski definition) is 2. The molecule has 2 aliphatic heterocycles. The molecule has 4 atom stereocenters. The van der Waals surface area contributed by atoms with E-state index < -0.39 is 12.2 Å². The molecule has 34 heavy (non-hydrogen) atoms. The van der Waals surface area contributed by atoms with Crippen molar-refractivity contribution in [3.05, 3.63) is 72.2 Å². The van der Waals surface area contributed by atoms with Crippen LogP contribution in [0.25, 0.3) is 21.3 Å². The van der Waals surface area contributed by atoms with Crippen molar-refractivity contribution in [1.82, 2.24) is 9.97 Å². The second-order valence-corrected chi connectivity index (χ2v) is 9.13. The van der Waals surface area contributed by atoms with Crippen LogP contribution in [-0.4, -0.2) is 53.6 Å². The Bertz CT molecular complexity index is 1310. The Morgan fingerprint density at radius 1 is 1.00 bits per heavy atom. The highest BCUT2D eigenvalue weighted by Gasteiger charge is 2.49. The van der Waals surface area contributed by atoms with Crippen LogP contribution in [0.2, 0.25) is 0 Å². The van der Waals surface area contributed by atoms with Crippen LogP contribution in [0.5, 0.6) is 0 Å². The first-order valence-electron chi connectivity index (χ1n) is 11.1. The highest BCUT2D eigenvalue weighted by molar-refractivity contribution is 7.13. The number of benzene rings is 2. The van der Waals surface area contributed by atoms with Gasteiger partial charge in [-0.2, -0.15) is 0 Å². The summed E-state index contributed by atoms with van der Waals surface area (Å²) < 4.78 is 17.6. The van der Waals surface area contributed by atoms with E-state index in [1.807, 2.05) is 66.0 Å². The molecule has 8 nitrogen and oxygen atoms in total. The standard InChI is InChI=1S/C25H22N4O4S/c30-25(29-17-8-3-6-15-5-1-2-7-16(15)17)33-20-14-32-22-19(13-31-23(20)22)28-24-26-11-10-18(27-24)21-9-4-12-34-21/h1-12,19-20,22-23H,13-14H2,(H,29,30)(H,26,27,28)/t19-,20-,22-,23+/m0/s1. The molecule has 9 heteroatoms. The average molecular weight is 475 g/mol. The van der Waals surface area contributed by atoms with Crippen LogP contribution in [0.4, 0.5) is 16.4 Å². The van der Waals surface area contributed by atoms with Gasteiger partial charge in [0.25, 0.3) is 0 Å². The summed E-state index contributed by atoms with van der Waals surface area (Å²) in [7, 11) is 0. The van der Waals surface area contributed by atoms with E-state index in [0.29, 0.717) is 18.2 Å². The number of fused-ring (bicyclic) bond motifs is 2. The van der Waals surface area contributed by atoms with E-state index in [9.17, 15) is 4.79 Å². The minimum atomic E-state index is -0.530. The fraction of sp³-hybridized carbons (Fsp3) is 0.240. The van der Waals surface area contributed by atoms with E-state index in [1.54, 1.807) is 17.5 Å². The molecular formula is C25H22N4O4S. The smallest absolute Gasteiger partial charge is 0.412 e. The zero-order chi connectivity index (χ0) is 22.9. The normalized spacial score (nSPS) is 23.5. The summed E-state index contributed by atoms with van der Waals surface area (Å²) in [6.45, 7) is 0.680. The van der Waals surface area contributed by atoms with Gasteiger partial charge in [-0.1, -0.05) is 42.5 Å². The van der Waals surface area contributed by atoms with E-state index >= 15 is 0 Å². The molecular weight excluding hydrogens is 452 g/mol. The highest BCUT2D eigenvalue weighted by atomic mass is 32.1. The molecule has 0 aliphatic carbocycles. The van der Waals surface area contributed by atoms with Gasteiger partial charge in [-0.25, -0.2) is 14.8 Å². The van der Waals surface area contributed by atoms with Gasteiger partial charge in [-0.05, 0) is 29.0 Å². The minimum Gasteiger partial charge on any atom is -0.441 e. The Morgan fingerprint density at radius 2 is 1.88 bits per heavy atom. The molecule has 0 radical (unpaired) electrons. The van der Waals surface area contributed by atoms with Crippen molar-refractivity contribution >= 4 is 39.8 Å². The summed E-state index contributed by atoms with van der Waals surface area (Å²) in [5, 5.41) is 10.2. The Hall–Kier alpha value is -3.53. The topological polar surface area (TPSA) is 94.6 Å². The number of aromatic nitrogens is 2. The first-order valence-corrected chi connectivity index (χ1v) is 11.9.